The van der Waals surface area contributed by atoms with Crippen molar-refractivity contribution in [3.63, 3.8) is 0 Å². The van der Waals surface area contributed by atoms with Crippen molar-refractivity contribution >= 4 is 16.7 Å². The van der Waals surface area contributed by atoms with E-state index in [-0.39, 0.29) is 29.6 Å². The van der Waals surface area contributed by atoms with E-state index >= 15 is 0 Å². The van der Waals surface area contributed by atoms with Crippen LogP contribution in [-0.2, 0) is 18.4 Å². The Kier molecular flexibility index (Phi) is 4.44. The van der Waals surface area contributed by atoms with E-state index in [0.717, 1.165) is 4.68 Å². The molecule has 0 atom stereocenters. The van der Waals surface area contributed by atoms with Crippen molar-refractivity contribution in [3.05, 3.63) is 82.5 Å². The van der Waals surface area contributed by atoms with E-state index in [1.165, 1.54) is 25.4 Å². The maximum Gasteiger partial charge on any atom is 0.359 e. The molecule has 0 bridgehead atoms. The van der Waals surface area contributed by atoms with Crippen molar-refractivity contribution in [1.29, 1.82) is 0 Å². The summed E-state index contributed by atoms with van der Waals surface area (Å²) in [7, 11) is 1.47. The number of esters is 1. The minimum atomic E-state index is -0.701. The van der Waals surface area contributed by atoms with E-state index in [1.807, 2.05) is 0 Å². The second-order valence-electron chi connectivity index (χ2n) is 6.02. The van der Waals surface area contributed by atoms with Crippen molar-refractivity contribution in [1.82, 2.24) is 14.8 Å². The Bertz CT molecular complexity index is 1230. The number of ether oxygens (including phenoxy) is 1. The molecule has 4 rings (SSSR count). The number of carbonyl (C=O) groups excluding carboxylic acids is 1. The number of fused-ring (bicyclic) bond motifs is 1. The zero-order valence-corrected chi connectivity index (χ0v) is 14.8. The first-order chi connectivity index (χ1) is 13.5. The Morgan fingerprint density at radius 1 is 1.14 bits per heavy atom. The second kappa shape index (κ2) is 7.07. The van der Waals surface area contributed by atoms with Crippen LogP contribution in [0.2, 0.25) is 0 Å². The Morgan fingerprint density at radius 3 is 2.61 bits per heavy atom. The highest BCUT2D eigenvalue weighted by atomic mass is 19.1. The van der Waals surface area contributed by atoms with Gasteiger partial charge in [0.15, 0.2) is 18.1 Å². The molecule has 0 saturated carbocycles. The third kappa shape index (κ3) is 3.27. The lowest BCUT2D eigenvalue weighted by atomic mass is 10.1. The summed E-state index contributed by atoms with van der Waals surface area (Å²) in [5, 5.41) is 4.81. The monoisotopic (exact) mass is 379 g/mol. The van der Waals surface area contributed by atoms with Crippen LogP contribution in [0.15, 0.2) is 63.9 Å². The molecule has 0 aliphatic heterocycles. The van der Waals surface area contributed by atoms with Crippen LogP contribution in [0.4, 0.5) is 4.39 Å². The minimum absolute atomic E-state index is 0.0306. The summed E-state index contributed by atoms with van der Waals surface area (Å²) >= 11 is 0. The fourth-order valence-electron chi connectivity index (χ4n) is 2.77. The summed E-state index contributed by atoms with van der Waals surface area (Å²) in [5.74, 6) is -0.443. The van der Waals surface area contributed by atoms with Crippen molar-refractivity contribution < 1.29 is 18.3 Å². The molecule has 2 aromatic heterocycles. The van der Waals surface area contributed by atoms with Gasteiger partial charge in [0.1, 0.15) is 5.82 Å². The number of aryl methyl sites for hydroxylation is 1. The number of hydrogen-bond acceptors (Lipinski definition) is 6. The number of nitrogens with zero attached hydrogens (tertiary/aromatic N) is 3. The molecule has 0 radical (unpaired) electrons. The molecular formula is C20H14FN3O4. The van der Waals surface area contributed by atoms with E-state index in [9.17, 15) is 14.0 Å². The Morgan fingerprint density at radius 2 is 1.86 bits per heavy atom. The highest BCUT2D eigenvalue weighted by molar-refractivity contribution is 6.02. The van der Waals surface area contributed by atoms with Gasteiger partial charge in [-0.1, -0.05) is 18.2 Å². The molecule has 0 fully saturated rings. The van der Waals surface area contributed by atoms with Crippen LogP contribution in [0.5, 0.6) is 0 Å². The first-order valence-electron chi connectivity index (χ1n) is 8.37. The van der Waals surface area contributed by atoms with Crippen LogP contribution < -0.4 is 5.56 Å². The van der Waals surface area contributed by atoms with Gasteiger partial charge in [-0.25, -0.2) is 18.9 Å². The molecule has 28 heavy (non-hydrogen) atoms. The lowest BCUT2D eigenvalue weighted by Gasteiger charge is -2.07. The van der Waals surface area contributed by atoms with Crippen LogP contribution in [0.25, 0.3) is 22.1 Å². The lowest BCUT2D eigenvalue weighted by Crippen LogP contribution is -2.23. The standard InChI is InChI=1S/C20H14FN3O4/c1-24-19(25)15-5-3-2-4-14(15)18(23-24)20(26)27-11-17-22-10-16(28-17)12-6-8-13(21)9-7-12/h2-10H,11H2,1H3. The van der Waals surface area contributed by atoms with Gasteiger partial charge in [-0.05, 0) is 30.3 Å². The maximum atomic E-state index is 13.0. The Hall–Kier alpha value is -3.81. The molecule has 0 unspecified atom stereocenters. The fourth-order valence-corrected chi connectivity index (χ4v) is 2.77. The summed E-state index contributed by atoms with van der Waals surface area (Å²) in [4.78, 5) is 28.7. The number of carbonyl (C=O) groups is 1. The van der Waals surface area contributed by atoms with Gasteiger partial charge in [0.05, 0.1) is 11.6 Å². The van der Waals surface area contributed by atoms with Gasteiger partial charge >= 0.3 is 5.97 Å². The summed E-state index contributed by atoms with van der Waals surface area (Å²) in [6.45, 7) is -0.209. The fraction of sp³-hybridized carbons (Fsp3) is 0.100. The largest absolute Gasteiger partial charge is 0.451 e. The predicted molar refractivity (Wildman–Crippen MR) is 98.0 cm³/mol. The van der Waals surface area contributed by atoms with Gasteiger partial charge in [-0.2, -0.15) is 5.10 Å². The molecule has 0 aliphatic carbocycles. The Labute approximate surface area is 158 Å². The molecule has 0 saturated heterocycles. The SMILES string of the molecule is Cn1nc(C(=O)OCc2ncc(-c3ccc(F)cc3)o2)c2ccccc2c1=O. The van der Waals surface area contributed by atoms with Gasteiger partial charge in [-0.3, -0.25) is 4.79 Å². The number of halogens is 1. The molecule has 2 aromatic carbocycles. The zero-order valence-electron chi connectivity index (χ0n) is 14.8. The van der Waals surface area contributed by atoms with Crippen LogP contribution in [0, 0.1) is 5.82 Å². The van der Waals surface area contributed by atoms with E-state index < -0.39 is 5.97 Å². The molecule has 0 N–H and O–H groups in total. The molecule has 2 heterocycles. The van der Waals surface area contributed by atoms with Crippen molar-refractivity contribution in [2.45, 2.75) is 6.61 Å². The third-order valence-electron chi connectivity index (χ3n) is 4.16. The number of oxazole rings is 1. The number of aromatic nitrogens is 3. The van der Waals surface area contributed by atoms with Crippen LogP contribution in [0.1, 0.15) is 16.4 Å². The molecule has 0 aliphatic rings. The molecule has 140 valence electrons. The number of hydrogen-bond donors (Lipinski definition) is 0. The highest BCUT2D eigenvalue weighted by Crippen LogP contribution is 2.21. The van der Waals surface area contributed by atoms with Gasteiger partial charge < -0.3 is 9.15 Å². The van der Waals surface area contributed by atoms with Gasteiger partial charge in [0.25, 0.3) is 5.56 Å². The molecule has 8 heteroatoms. The smallest absolute Gasteiger partial charge is 0.359 e. The Balaban J connectivity index is 1.54. The third-order valence-corrected chi connectivity index (χ3v) is 4.16. The average molecular weight is 379 g/mol. The van der Waals surface area contributed by atoms with Crippen LogP contribution >= 0.6 is 0 Å². The molecule has 7 nitrogen and oxygen atoms in total. The molecular weight excluding hydrogens is 365 g/mol. The zero-order chi connectivity index (χ0) is 19.7. The first-order valence-corrected chi connectivity index (χ1v) is 8.37. The normalized spacial score (nSPS) is 10.9. The van der Waals surface area contributed by atoms with E-state index in [2.05, 4.69) is 10.1 Å². The van der Waals surface area contributed by atoms with Crippen molar-refractivity contribution in [2.75, 3.05) is 0 Å². The van der Waals surface area contributed by atoms with E-state index in [1.54, 1.807) is 36.4 Å². The quantitative estimate of drug-likeness (QED) is 0.507. The topological polar surface area (TPSA) is 87.2 Å². The summed E-state index contributed by atoms with van der Waals surface area (Å²) in [6, 6.07) is 12.4. The van der Waals surface area contributed by atoms with Crippen molar-refractivity contribution in [3.8, 4) is 11.3 Å². The minimum Gasteiger partial charge on any atom is -0.451 e. The first kappa shape index (κ1) is 17.6. The highest BCUT2D eigenvalue weighted by Gasteiger charge is 2.18. The second-order valence-corrected chi connectivity index (χ2v) is 6.02. The summed E-state index contributed by atoms with van der Waals surface area (Å²) in [6.07, 6.45) is 1.47. The molecule has 4 aromatic rings. The van der Waals surface area contributed by atoms with E-state index in [0.29, 0.717) is 22.1 Å². The predicted octanol–water partition coefficient (Wildman–Crippen LogP) is 3.08. The number of rotatable bonds is 4. The van der Waals surface area contributed by atoms with Crippen LogP contribution in [-0.4, -0.2) is 20.7 Å². The van der Waals surface area contributed by atoms with E-state index in [4.69, 9.17) is 9.15 Å². The average Bonchev–Trinajstić information content (AvgIpc) is 3.18. The molecule has 0 amide bonds. The lowest BCUT2D eigenvalue weighted by molar-refractivity contribution is 0.0432. The van der Waals surface area contributed by atoms with Gasteiger partial charge in [0, 0.05) is 18.0 Å². The van der Waals surface area contributed by atoms with Crippen LogP contribution in [0.3, 0.4) is 0 Å². The maximum absolute atomic E-state index is 13.0. The number of benzene rings is 2. The van der Waals surface area contributed by atoms with Crippen molar-refractivity contribution in [2.24, 2.45) is 7.05 Å². The molecule has 0 spiro atoms. The van der Waals surface area contributed by atoms with Gasteiger partial charge in [-0.15, -0.1) is 0 Å². The summed E-state index contributed by atoms with van der Waals surface area (Å²) < 4.78 is 24.9. The summed E-state index contributed by atoms with van der Waals surface area (Å²) in [5.41, 5.74) is 0.379. The van der Waals surface area contributed by atoms with Gasteiger partial charge in [0.2, 0.25) is 5.89 Å².